The highest BCUT2D eigenvalue weighted by Crippen LogP contribution is 2.12. The molecule has 2 rings (SSSR count). The van der Waals surface area contributed by atoms with Crippen LogP contribution >= 0.6 is 0 Å². The number of hydrogen-bond acceptors (Lipinski definition) is 4. The van der Waals surface area contributed by atoms with Gasteiger partial charge in [0.25, 0.3) is 0 Å². The SMILES string of the molecule is CN=C(NCCCOC1CCOC1)NCCc1ccc(N(C)C)cc1. The van der Waals surface area contributed by atoms with E-state index in [2.05, 4.69) is 58.9 Å². The van der Waals surface area contributed by atoms with E-state index in [1.165, 1.54) is 11.3 Å². The summed E-state index contributed by atoms with van der Waals surface area (Å²) in [5.41, 5.74) is 2.54. The first-order valence-corrected chi connectivity index (χ1v) is 9.09. The van der Waals surface area contributed by atoms with Crippen molar-refractivity contribution >= 4 is 11.6 Å². The molecule has 1 aliphatic heterocycles. The van der Waals surface area contributed by atoms with E-state index in [1.807, 2.05) is 0 Å². The summed E-state index contributed by atoms with van der Waals surface area (Å²) in [7, 11) is 5.91. The third kappa shape index (κ3) is 7.32. The van der Waals surface area contributed by atoms with E-state index >= 15 is 0 Å². The van der Waals surface area contributed by atoms with E-state index in [9.17, 15) is 0 Å². The molecular formula is C19H32N4O2. The molecule has 0 amide bonds. The van der Waals surface area contributed by atoms with Gasteiger partial charge in [-0.05, 0) is 37.0 Å². The van der Waals surface area contributed by atoms with Gasteiger partial charge in [-0.15, -0.1) is 0 Å². The molecular weight excluding hydrogens is 316 g/mol. The van der Waals surface area contributed by atoms with Crippen molar-refractivity contribution in [3.63, 3.8) is 0 Å². The Labute approximate surface area is 151 Å². The summed E-state index contributed by atoms with van der Waals surface area (Å²) in [6.45, 7) is 4.04. The highest BCUT2D eigenvalue weighted by atomic mass is 16.5. The Morgan fingerprint density at radius 3 is 2.64 bits per heavy atom. The van der Waals surface area contributed by atoms with Gasteiger partial charge in [0.15, 0.2) is 5.96 Å². The second-order valence-electron chi connectivity index (χ2n) is 6.45. The van der Waals surface area contributed by atoms with Crippen molar-refractivity contribution in [2.24, 2.45) is 4.99 Å². The van der Waals surface area contributed by atoms with Gasteiger partial charge in [-0.1, -0.05) is 12.1 Å². The minimum atomic E-state index is 0.288. The van der Waals surface area contributed by atoms with Crippen molar-refractivity contribution in [1.82, 2.24) is 10.6 Å². The van der Waals surface area contributed by atoms with Crippen LogP contribution in [0.3, 0.4) is 0 Å². The lowest BCUT2D eigenvalue weighted by Gasteiger charge is -2.14. The molecule has 1 aromatic rings. The van der Waals surface area contributed by atoms with Crippen molar-refractivity contribution in [3.8, 4) is 0 Å². The lowest BCUT2D eigenvalue weighted by Crippen LogP contribution is -2.39. The van der Waals surface area contributed by atoms with Crippen molar-refractivity contribution in [1.29, 1.82) is 0 Å². The monoisotopic (exact) mass is 348 g/mol. The fourth-order valence-corrected chi connectivity index (χ4v) is 2.68. The summed E-state index contributed by atoms with van der Waals surface area (Å²) in [6, 6.07) is 8.66. The lowest BCUT2D eigenvalue weighted by molar-refractivity contribution is 0.0420. The Bertz CT molecular complexity index is 511. The summed E-state index contributed by atoms with van der Waals surface area (Å²) in [5, 5.41) is 6.68. The zero-order chi connectivity index (χ0) is 17.9. The van der Waals surface area contributed by atoms with Crippen molar-refractivity contribution < 1.29 is 9.47 Å². The Morgan fingerprint density at radius 2 is 2.00 bits per heavy atom. The molecule has 0 aliphatic carbocycles. The van der Waals surface area contributed by atoms with Gasteiger partial charge in [0.1, 0.15) is 0 Å². The van der Waals surface area contributed by atoms with Crippen LogP contribution in [0.25, 0.3) is 0 Å². The first kappa shape index (κ1) is 19.5. The number of nitrogens with one attached hydrogen (secondary N) is 2. The number of rotatable bonds is 9. The first-order valence-electron chi connectivity index (χ1n) is 9.09. The zero-order valence-corrected chi connectivity index (χ0v) is 15.8. The first-order chi connectivity index (χ1) is 12.2. The molecule has 0 saturated carbocycles. The highest BCUT2D eigenvalue weighted by molar-refractivity contribution is 5.79. The van der Waals surface area contributed by atoms with Crippen LogP contribution in [-0.4, -0.2) is 66.1 Å². The third-order valence-electron chi connectivity index (χ3n) is 4.24. The van der Waals surface area contributed by atoms with E-state index < -0.39 is 0 Å². The molecule has 0 radical (unpaired) electrons. The Hall–Kier alpha value is -1.79. The van der Waals surface area contributed by atoms with Gasteiger partial charge in [-0.2, -0.15) is 0 Å². The Balaban J connectivity index is 1.56. The second-order valence-corrected chi connectivity index (χ2v) is 6.45. The van der Waals surface area contributed by atoms with E-state index in [1.54, 1.807) is 7.05 Å². The maximum Gasteiger partial charge on any atom is 0.190 e. The molecule has 1 atom stereocenters. The van der Waals surface area contributed by atoms with E-state index in [4.69, 9.17) is 9.47 Å². The molecule has 6 heteroatoms. The van der Waals surface area contributed by atoms with Crippen LogP contribution in [-0.2, 0) is 15.9 Å². The molecule has 25 heavy (non-hydrogen) atoms. The molecule has 2 N–H and O–H groups in total. The topological polar surface area (TPSA) is 58.1 Å². The molecule has 1 fully saturated rings. The molecule has 1 saturated heterocycles. The molecule has 0 bridgehead atoms. The van der Waals surface area contributed by atoms with Crippen LogP contribution in [0.2, 0.25) is 0 Å². The molecule has 0 spiro atoms. The number of guanidine groups is 1. The van der Waals surface area contributed by atoms with Gasteiger partial charge >= 0.3 is 0 Å². The Kier molecular flexibility index (Phi) is 8.55. The maximum atomic E-state index is 5.76. The van der Waals surface area contributed by atoms with Crippen LogP contribution in [0.1, 0.15) is 18.4 Å². The van der Waals surface area contributed by atoms with Gasteiger partial charge < -0.3 is 25.0 Å². The third-order valence-corrected chi connectivity index (χ3v) is 4.24. The smallest absolute Gasteiger partial charge is 0.190 e. The summed E-state index contributed by atoms with van der Waals surface area (Å²) in [4.78, 5) is 6.37. The second kappa shape index (κ2) is 10.9. The van der Waals surface area contributed by atoms with Crippen LogP contribution in [0.15, 0.2) is 29.3 Å². The molecule has 1 unspecified atom stereocenters. The predicted octanol–water partition coefficient (Wildman–Crippen LogP) is 1.66. The average Bonchev–Trinajstić information content (AvgIpc) is 3.13. The summed E-state index contributed by atoms with van der Waals surface area (Å²) in [5.74, 6) is 0.842. The number of ether oxygens (including phenoxy) is 2. The zero-order valence-electron chi connectivity index (χ0n) is 15.8. The van der Waals surface area contributed by atoms with Crippen LogP contribution in [0.4, 0.5) is 5.69 Å². The van der Waals surface area contributed by atoms with E-state index in [0.717, 1.165) is 58.1 Å². The van der Waals surface area contributed by atoms with Crippen molar-refractivity contribution in [2.45, 2.75) is 25.4 Å². The van der Waals surface area contributed by atoms with Gasteiger partial charge in [-0.25, -0.2) is 0 Å². The van der Waals surface area contributed by atoms with Gasteiger partial charge in [0.05, 0.1) is 12.7 Å². The molecule has 1 aromatic carbocycles. The van der Waals surface area contributed by atoms with Crippen molar-refractivity contribution in [2.75, 3.05) is 59.0 Å². The molecule has 140 valence electrons. The molecule has 1 aliphatic rings. The Morgan fingerprint density at radius 1 is 1.24 bits per heavy atom. The van der Waals surface area contributed by atoms with Gasteiger partial charge in [-0.3, -0.25) is 4.99 Å². The summed E-state index contributed by atoms with van der Waals surface area (Å²) >= 11 is 0. The summed E-state index contributed by atoms with van der Waals surface area (Å²) in [6.07, 6.45) is 3.24. The molecule has 1 heterocycles. The fourth-order valence-electron chi connectivity index (χ4n) is 2.68. The van der Waals surface area contributed by atoms with Crippen LogP contribution in [0.5, 0.6) is 0 Å². The van der Waals surface area contributed by atoms with E-state index in [-0.39, 0.29) is 6.10 Å². The number of aliphatic imine (C=N–C) groups is 1. The quantitative estimate of drug-likeness (QED) is 0.404. The van der Waals surface area contributed by atoms with Crippen LogP contribution in [0, 0.1) is 0 Å². The van der Waals surface area contributed by atoms with Gasteiger partial charge in [0, 0.05) is 53.1 Å². The minimum Gasteiger partial charge on any atom is -0.379 e. The number of nitrogens with zero attached hydrogens (tertiary/aromatic N) is 2. The molecule has 0 aromatic heterocycles. The average molecular weight is 348 g/mol. The predicted molar refractivity (Wildman–Crippen MR) is 104 cm³/mol. The minimum absolute atomic E-state index is 0.288. The highest BCUT2D eigenvalue weighted by Gasteiger charge is 2.15. The number of benzene rings is 1. The normalized spacial score (nSPS) is 17.6. The lowest BCUT2D eigenvalue weighted by atomic mass is 10.1. The fraction of sp³-hybridized carbons (Fsp3) is 0.632. The van der Waals surface area contributed by atoms with E-state index in [0.29, 0.717) is 0 Å². The maximum absolute atomic E-state index is 5.76. The largest absolute Gasteiger partial charge is 0.379 e. The van der Waals surface area contributed by atoms with Gasteiger partial charge in [0.2, 0.25) is 0 Å². The van der Waals surface area contributed by atoms with Crippen molar-refractivity contribution in [3.05, 3.63) is 29.8 Å². The number of anilines is 1. The summed E-state index contributed by atoms with van der Waals surface area (Å²) < 4.78 is 11.1. The standard InChI is InChI=1S/C19H32N4O2/c1-20-19(21-11-4-13-25-18-10-14-24-15-18)22-12-9-16-5-7-17(8-6-16)23(2)3/h5-8,18H,4,9-15H2,1-3H3,(H2,20,21,22). The number of hydrogen-bond donors (Lipinski definition) is 2. The van der Waals surface area contributed by atoms with Crippen LogP contribution < -0.4 is 15.5 Å². The molecule has 6 nitrogen and oxygen atoms in total.